The summed E-state index contributed by atoms with van der Waals surface area (Å²) in [5, 5.41) is 11.8. The van der Waals surface area contributed by atoms with E-state index in [9.17, 15) is 0 Å². The molecule has 1 aliphatic heterocycles. The van der Waals surface area contributed by atoms with Crippen molar-refractivity contribution in [3.05, 3.63) is 42.0 Å². The molecule has 0 bridgehead atoms. The van der Waals surface area contributed by atoms with Gasteiger partial charge in [0.15, 0.2) is 11.8 Å². The monoisotopic (exact) mass is 513 g/mol. The Balaban J connectivity index is 0.00000300. The summed E-state index contributed by atoms with van der Waals surface area (Å²) in [4.78, 5) is 9.59. The van der Waals surface area contributed by atoms with Crippen LogP contribution in [0, 0.1) is 6.92 Å². The van der Waals surface area contributed by atoms with Gasteiger partial charge in [-0.2, -0.15) is 0 Å². The number of aromatic nitrogens is 3. The highest BCUT2D eigenvalue weighted by Crippen LogP contribution is 2.15. The maximum Gasteiger partial charge on any atom is 0.194 e. The van der Waals surface area contributed by atoms with Crippen molar-refractivity contribution in [3.63, 3.8) is 0 Å². The van der Waals surface area contributed by atoms with E-state index < -0.39 is 0 Å². The van der Waals surface area contributed by atoms with Crippen molar-refractivity contribution in [2.24, 2.45) is 12.0 Å². The molecule has 2 heterocycles. The van der Waals surface area contributed by atoms with Gasteiger partial charge in [-0.15, -0.1) is 34.2 Å². The number of benzene rings is 1. The third-order valence-corrected chi connectivity index (χ3v) is 5.06. The molecule has 1 fully saturated rings. The molecule has 2 aromatic rings. The Morgan fingerprint density at radius 2 is 1.86 bits per heavy atom. The summed E-state index contributed by atoms with van der Waals surface area (Å²) < 4.78 is 7.14. The van der Waals surface area contributed by atoms with Crippen molar-refractivity contribution in [2.75, 3.05) is 51.3 Å². The quantitative estimate of drug-likeness (QED) is 0.265. The fraction of sp³-hybridized carbons (Fsp3) is 0.550. The number of aryl methyl sites for hydroxylation is 1. The van der Waals surface area contributed by atoms with Crippen LogP contribution >= 0.6 is 24.0 Å². The fourth-order valence-corrected chi connectivity index (χ4v) is 3.23. The highest BCUT2D eigenvalue weighted by Gasteiger charge is 2.20. The van der Waals surface area contributed by atoms with Gasteiger partial charge in [0.05, 0.1) is 0 Å². The average Bonchev–Trinajstić information content (AvgIpc) is 3.06. The molecular formula is C20H32IN7O. The molecule has 9 heteroatoms. The molecule has 0 radical (unpaired) electrons. The topological polar surface area (TPSA) is 70.8 Å². The SMILES string of the molecule is COCCCNC(=NCc1nnc(C)n1C)N1CCN(c2ccccc2)CC1.I. The van der Waals surface area contributed by atoms with Gasteiger partial charge in [-0.05, 0) is 25.5 Å². The molecule has 1 aromatic carbocycles. The van der Waals surface area contributed by atoms with Crippen LogP contribution < -0.4 is 10.2 Å². The fourth-order valence-electron chi connectivity index (χ4n) is 3.23. The van der Waals surface area contributed by atoms with Gasteiger partial charge in [-0.25, -0.2) is 4.99 Å². The molecule has 29 heavy (non-hydrogen) atoms. The molecule has 0 unspecified atom stereocenters. The van der Waals surface area contributed by atoms with Crippen LogP contribution in [0.25, 0.3) is 0 Å². The maximum absolute atomic E-state index is 5.16. The van der Waals surface area contributed by atoms with Gasteiger partial charge >= 0.3 is 0 Å². The van der Waals surface area contributed by atoms with Crippen LogP contribution in [0.15, 0.2) is 35.3 Å². The third kappa shape index (κ3) is 6.56. The second kappa shape index (κ2) is 12.0. The molecule has 160 valence electrons. The number of methoxy groups -OCH3 is 1. The minimum atomic E-state index is 0. The molecular weight excluding hydrogens is 481 g/mol. The lowest BCUT2D eigenvalue weighted by molar-refractivity contribution is 0.195. The van der Waals surface area contributed by atoms with E-state index in [1.165, 1.54) is 5.69 Å². The number of ether oxygens (including phenoxy) is 1. The van der Waals surface area contributed by atoms with Crippen molar-refractivity contribution >= 4 is 35.6 Å². The summed E-state index contributed by atoms with van der Waals surface area (Å²) in [5.41, 5.74) is 1.28. The predicted molar refractivity (Wildman–Crippen MR) is 127 cm³/mol. The van der Waals surface area contributed by atoms with Crippen molar-refractivity contribution in [2.45, 2.75) is 19.9 Å². The summed E-state index contributed by atoms with van der Waals surface area (Å²) in [5.74, 6) is 2.71. The Hall–Kier alpha value is -1.88. The van der Waals surface area contributed by atoms with Crippen LogP contribution in [0.5, 0.6) is 0 Å². The minimum Gasteiger partial charge on any atom is -0.385 e. The van der Waals surface area contributed by atoms with E-state index in [1.807, 2.05) is 18.5 Å². The number of hydrogen-bond acceptors (Lipinski definition) is 5. The molecule has 0 spiro atoms. The predicted octanol–water partition coefficient (Wildman–Crippen LogP) is 2.05. The molecule has 3 rings (SSSR count). The molecule has 8 nitrogen and oxygen atoms in total. The number of nitrogens with one attached hydrogen (secondary N) is 1. The normalized spacial score (nSPS) is 14.7. The Kier molecular flexibility index (Phi) is 9.65. The third-order valence-electron chi connectivity index (χ3n) is 5.06. The number of rotatable bonds is 7. The first-order valence-corrected chi connectivity index (χ1v) is 9.86. The number of nitrogens with zero attached hydrogens (tertiary/aromatic N) is 6. The van der Waals surface area contributed by atoms with Crippen molar-refractivity contribution in [3.8, 4) is 0 Å². The van der Waals surface area contributed by atoms with E-state index >= 15 is 0 Å². The summed E-state index contributed by atoms with van der Waals surface area (Å²) in [6.07, 6.45) is 0.947. The molecule has 1 aliphatic rings. The molecule has 0 aliphatic carbocycles. The largest absolute Gasteiger partial charge is 0.385 e. The van der Waals surface area contributed by atoms with Crippen LogP contribution in [0.3, 0.4) is 0 Å². The van der Waals surface area contributed by atoms with E-state index in [0.29, 0.717) is 6.54 Å². The van der Waals surface area contributed by atoms with E-state index in [1.54, 1.807) is 7.11 Å². The number of hydrogen-bond donors (Lipinski definition) is 1. The standard InChI is InChI=1S/C20H31N7O.HI/c1-17-23-24-19(25(17)2)16-22-20(21-10-7-15-28-3)27-13-11-26(12-14-27)18-8-5-4-6-9-18;/h4-6,8-9H,7,10-16H2,1-3H3,(H,21,22);1H. The molecule has 1 N–H and O–H groups in total. The van der Waals surface area contributed by atoms with Gasteiger partial charge in [0.2, 0.25) is 0 Å². The number of anilines is 1. The molecule has 1 aromatic heterocycles. The summed E-state index contributed by atoms with van der Waals surface area (Å²) >= 11 is 0. The highest BCUT2D eigenvalue weighted by molar-refractivity contribution is 14.0. The number of piperazine rings is 1. The number of halogens is 1. The van der Waals surface area contributed by atoms with Crippen molar-refractivity contribution in [1.29, 1.82) is 0 Å². The van der Waals surface area contributed by atoms with Gasteiger partial charge in [0.1, 0.15) is 12.4 Å². The Morgan fingerprint density at radius 1 is 1.14 bits per heavy atom. The maximum atomic E-state index is 5.16. The van der Waals surface area contributed by atoms with E-state index in [-0.39, 0.29) is 24.0 Å². The first-order valence-electron chi connectivity index (χ1n) is 9.86. The summed E-state index contributed by atoms with van der Waals surface area (Å²) in [6, 6.07) is 10.6. The van der Waals surface area contributed by atoms with Crippen LogP contribution in [-0.2, 0) is 18.3 Å². The zero-order valence-corrected chi connectivity index (χ0v) is 19.9. The smallest absolute Gasteiger partial charge is 0.194 e. The zero-order chi connectivity index (χ0) is 19.8. The molecule has 0 saturated carbocycles. The van der Waals surface area contributed by atoms with E-state index in [2.05, 4.69) is 55.6 Å². The van der Waals surface area contributed by atoms with Crippen LogP contribution in [0.1, 0.15) is 18.1 Å². The first kappa shape index (κ1) is 23.4. The first-order chi connectivity index (χ1) is 13.7. The minimum absolute atomic E-state index is 0. The van der Waals surface area contributed by atoms with Crippen LogP contribution in [0.2, 0.25) is 0 Å². The second-order valence-corrected chi connectivity index (χ2v) is 6.95. The van der Waals surface area contributed by atoms with Gasteiger partial charge in [0.25, 0.3) is 0 Å². The van der Waals surface area contributed by atoms with Gasteiger partial charge in [-0.1, -0.05) is 18.2 Å². The summed E-state index contributed by atoms with van der Waals surface area (Å²) in [6.45, 7) is 7.87. The Bertz CT molecular complexity index is 757. The number of aliphatic imine (C=N–C) groups is 1. The van der Waals surface area contributed by atoms with Crippen molar-refractivity contribution in [1.82, 2.24) is 25.0 Å². The van der Waals surface area contributed by atoms with Crippen LogP contribution in [0.4, 0.5) is 5.69 Å². The number of para-hydroxylation sites is 1. The van der Waals surface area contributed by atoms with E-state index in [4.69, 9.17) is 9.73 Å². The Morgan fingerprint density at radius 3 is 2.48 bits per heavy atom. The lowest BCUT2D eigenvalue weighted by Crippen LogP contribution is -2.52. The molecule has 1 saturated heterocycles. The lowest BCUT2D eigenvalue weighted by atomic mass is 10.2. The lowest BCUT2D eigenvalue weighted by Gasteiger charge is -2.37. The van der Waals surface area contributed by atoms with Crippen LogP contribution in [-0.4, -0.2) is 72.1 Å². The molecule has 0 atom stereocenters. The summed E-state index contributed by atoms with van der Waals surface area (Å²) in [7, 11) is 3.71. The van der Waals surface area contributed by atoms with Gasteiger partial charge in [-0.3, -0.25) is 0 Å². The van der Waals surface area contributed by atoms with Gasteiger partial charge < -0.3 is 24.4 Å². The van der Waals surface area contributed by atoms with E-state index in [0.717, 1.165) is 63.4 Å². The second-order valence-electron chi connectivity index (χ2n) is 6.95. The zero-order valence-electron chi connectivity index (χ0n) is 17.5. The molecule has 0 amide bonds. The van der Waals surface area contributed by atoms with Crippen molar-refractivity contribution < 1.29 is 4.74 Å². The number of guanidine groups is 1. The highest BCUT2D eigenvalue weighted by atomic mass is 127. The van der Waals surface area contributed by atoms with Gasteiger partial charge in [0, 0.05) is 59.2 Å². The Labute approximate surface area is 190 Å². The average molecular weight is 513 g/mol.